The van der Waals surface area contributed by atoms with Gasteiger partial charge in [-0.25, -0.2) is 4.99 Å². The van der Waals surface area contributed by atoms with E-state index in [2.05, 4.69) is 15.6 Å². The molecule has 0 radical (unpaired) electrons. The Morgan fingerprint density at radius 3 is 2.23 bits per heavy atom. The van der Waals surface area contributed by atoms with Crippen molar-refractivity contribution in [3.05, 3.63) is 65.7 Å². The number of carbonyl (C=O) groups is 6. The van der Waals surface area contributed by atoms with Gasteiger partial charge in [0.25, 0.3) is 0 Å². The van der Waals surface area contributed by atoms with Crippen molar-refractivity contribution in [3.8, 4) is 0 Å². The minimum absolute atomic E-state index is 0.00714. The van der Waals surface area contributed by atoms with Crippen LogP contribution in [0.2, 0.25) is 0 Å². The van der Waals surface area contributed by atoms with Gasteiger partial charge >= 0.3 is 0 Å². The number of aliphatic imine (C=N–C) groups is 1. The number of carbonyl (C=O) groups excluding carboxylic acids is 6. The average molecular weight is 728 g/mol. The molecule has 2 aromatic carbocycles. The van der Waals surface area contributed by atoms with Gasteiger partial charge in [0.1, 0.15) is 42.1 Å². The van der Waals surface area contributed by atoms with Gasteiger partial charge in [0.15, 0.2) is 6.04 Å². The van der Waals surface area contributed by atoms with Crippen molar-refractivity contribution in [1.29, 1.82) is 0 Å². The molecule has 7 atom stereocenters. The Morgan fingerprint density at radius 2 is 1.55 bits per heavy atom. The van der Waals surface area contributed by atoms with Crippen molar-refractivity contribution < 1.29 is 33.5 Å². The van der Waals surface area contributed by atoms with E-state index in [1.165, 1.54) is 14.7 Å². The van der Waals surface area contributed by atoms with Gasteiger partial charge in [-0.3, -0.25) is 28.8 Å². The highest BCUT2D eigenvalue weighted by Crippen LogP contribution is 2.28. The summed E-state index contributed by atoms with van der Waals surface area (Å²) in [6.45, 7) is 3.79. The molecule has 0 spiro atoms. The highest BCUT2D eigenvalue weighted by Gasteiger charge is 2.46. The second kappa shape index (κ2) is 15.8. The minimum atomic E-state index is -1.18. The number of anilines is 1. The molecule has 53 heavy (non-hydrogen) atoms. The van der Waals surface area contributed by atoms with Crippen LogP contribution in [-0.4, -0.2) is 126 Å². The number of benzene rings is 2. The van der Waals surface area contributed by atoms with E-state index in [1.54, 1.807) is 45.2 Å². The standard InChI is InChI=1S/C39H49N7O7/c1-6-28-37(50)45-19-10-13-29(45)38(51)44(5)31(21-24-14-16-26(17-15-24)43(3)4)39(52)46-20-18-27(47)22-30(46)34(48)41-33(25-11-8-7-9-12-25)36-42-32(23(2)53-36)35(49)40-28/h7-9,11-12,14-17,23,28-33H,6,10,13,18-22H2,1-5H3,(H,40,49)(H,41,48)/t23-,28-,29+,30+,31+,32+,33+/m1/s1. The molecule has 0 unspecified atom stereocenters. The van der Waals surface area contributed by atoms with Crippen molar-refractivity contribution >= 4 is 46.9 Å². The van der Waals surface area contributed by atoms with Crippen molar-refractivity contribution in [1.82, 2.24) is 25.3 Å². The number of amides is 5. The lowest BCUT2D eigenvalue weighted by molar-refractivity contribution is -0.154. The van der Waals surface area contributed by atoms with Gasteiger partial charge in [-0.2, -0.15) is 0 Å². The normalized spacial score (nSPS) is 28.7. The molecule has 14 heteroatoms. The second-order valence-corrected chi connectivity index (χ2v) is 14.5. The Morgan fingerprint density at radius 1 is 0.849 bits per heavy atom. The van der Waals surface area contributed by atoms with Crippen LogP contribution in [0.3, 0.4) is 0 Å². The zero-order valence-corrected chi connectivity index (χ0v) is 31.0. The van der Waals surface area contributed by atoms with E-state index in [-0.39, 0.29) is 49.8 Å². The maximum absolute atomic E-state index is 14.8. The maximum Gasteiger partial charge on any atom is 0.249 e. The number of piperidine rings is 1. The Hall–Kier alpha value is -5.27. The topological polar surface area (TPSA) is 161 Å². The van der Waals surface area contributed by atoms with Crippen molar-refractivity contribution in [2.45, 2.75) is 94.7 Å². The molecule has 282 valence electrons. The molecule has 0 aromatic heterocycles. The largest absolute Gasteiger partial charge is 0.473 e. The third-order valence-corrected chi connectivity index (χ3v) is 10.8. The molecule has 0 saturated carbocycles. The van der Waals surface area contributed by atoms with Crippen LogP contribution in [0.1, 0.15) is 63.1 Å². The number of Topliss-reactive ketones (excluding diaryl/α,β-unsaturated/α-hetero) is 1. The molecule has 2 saturated heterocycles. The first kappa shape index (κ1) is 37.5. The van der Waals surface area contributed by atoms with Crippen LogP contribution in [0, 0.1) is 0 Å². The monoisotopic (exact) mass is 727 g/mol. The first-order chi connectivity index (χ1) is 25.4. The minimum Gasteiger partial charge on any atom is -0.473 e. The quantitative estimate of drug-likeness (QED) is 0.470. The summed E-state index contributed by atoms with van der Waals surface area (Å²) in [7, 11) is 5.41. The van der Waals surface area contributed by atoms with Crippen LogP contribution in [0.5, 0.6) is 0 Å². The van der Waals surface area contributed by atoms with E-state index >= 15 is 0 Å². The van der Waals surface area contributed by atoms with E-state index < -0.39 is 66.0 Å². The zero-order valence-electron chi connectivity index (χ0n) is 31.0. The summed E-state index contributed by atoms with van der Waals surface area (Å²) in [5.41, 5.74) is 2.37. The number of nitrogens with one attached hydrogen (secondary N) is 2. The summed E-state index contributed by atoms with van der Waals surface area (Å²) < 4.78 is 6.13. The molecule has 2 fully saturated rings. The van der Waals surface area contributed by atoms with Crippen LogP contribution in [0.4, 0.5) is 5.69 Å². The lowest BCUT2D eigenvalue weighted by Gasteiger charge is -2.40. The van der Waals surface area contributed by atoms with E-state index in [0.29, 0.717) is 24.9 Å². The highest BCUT2D eigenvalue weighted by atomic mass is 16.5. The highest BCUT2D eigenvalue weighted by molar-refractivity contribution is 6.01. The molecule has 5 amide bonds. The number of hydrogen-bond donors (Lipinski definition) is 2. The zero-order chi connectivity index (χ0) is 38.0. The van der Waals surface area contributed by atoms with Crippen molar-refractivity contribution in [2.24, 2.45) is 4.99 Å². The molecular formula is C39H49N7O7. The van der Waals surface area contributed by atoms with Gasteiger partial charge in [-0.15, -0.1) is 0 Å². The van der Waals surface area contributed by atoms with Crippen LogP contribution >= 0.6 is 0 Å². The second-order valence-electron chi connectivity index (χ2n) is 14.5. The molecular weight excluding hydrogens is 678 g/mol. The van der Waals surface area contributed by atoms with Gasteiger partial charge < -0.3 is 35.0 Å². The predicted octanol–water partition coefficient (Wildman–Crippen LogP) is 1.62. The van der Waals surface area contributed by atoms with E-state index in [0.717, 1.165) is 11.3 Å². The predicted molar refractivity (Wildman–Crippen MR) is 197 cm³/mol. The van der Waals surface area contributed by atoms with Crippen LogP contribution < -0.4 is 15.5 Å². The summed E-state index contributed by atoms with van der Waals surface area (Å²) >= 11 is 0. The molecule has 6 rings (SSSR count). The number of rotatable bonds is 5. The first-order valence-electron chi connectivity index (χ1n) is 18.4. The van der Waals surface area contributed by atoms with Crippen LogP contribution in [0.15, 0.2) is 59.6 Å². The SMILES string of the molecule is CC[C@H]1NC(=O)[C@H]2N=C(O[C@@H]2C)[C@H](c2ccccc2)NC(=O)[C@@H]2CC(=O)CCN2C(=O)[C@H](Cc2ccc(N(C)C)cc2)N(C)C(=O)[C@@H]2CCCN2C1=O. The number of ether oxygens (including phenoxy) is 1. The molecule has 4 heterocycles. The fourth-order valence-electron chi connectivity index (χ4n) is 7.65. The molecule has 0 aliphatic carbocycles. The number of hydrogen-bond acceptors (Lipinski definition) is 9. The third-order valence-electron chi connectivity index (χ3n) is 10.8. The van der Waals surface area contributed by atoms with E-state index in [4.69, 9.17) is 4.74 Å². The van der Waals surface area contributed by atoms with Gasteiger partial charge in [0.05, 0.1) is 0 Å². The lowest BCUT2D eigenvalue weighted by Crippen LogP contribution is -2.61. The molecule has 4 aliphatic rings. The van der Waals surface area contributed by atoms with Gasteiger partial charge in [0.2, 0.25) is 35.4 Å². The van der Waals surface area contributed by atoms with Gasteiger partial charge in [-0.05, 0) is 49.4 Å². The number of ketones is 1. The lowest BCUT2D eigenvalue weighted by atomic mass is 9.95. The van der Waals surface area contributed by atoms with Crippen LogP contribution in [0.25, 0.3) is 0 Å². The fraction of sp³-hybridized carbons (Fsp3) is 0.513. The fourth-order valence-corrected chi connectivity index (χ4v) is 7.65. The van der Waals surface area contributed by atoms with Gasteiger partial charge in [0, 0.05) is 59.2 Å². The van der Waals surface area contributed by atoms with E-state index in [9.17, 15) is 28.8 Å². The van der Waals surface area contributed by atoms with E-state index in [1.807, 2.05) is 49.3 Å². The maximum atomic E-state index is 14.8. The Kier molecular flexibility index (Phi) is 11.2. The Balaban J connectivity index is 1.44. The Bertz CT molecular complexity index is 1760. The summed E-state index contributed by atoms with van der Waals surface area (Å²) in [5, 5.41) is 5.83. The molecule has 14 nitrogen and oxygen atoms in total. The number of fused-ring (bicyclic) bond motifs is 3. The van der Waals surface area contributed by atoms with Crippen LogP contribution in [-0.2, 0) is 39.9 Å². The third kappa shape index (κ3) is 7.77. The number of nitrogens with zero attached hydrogens (tertiary/aromatic N) is 5. The number of likely N-dealkylation sites (N-methyl/N-ethyl adjacent to an activating group) is 1. The molecule has 4 aliphatic heterocycles. The average Bonchev–Trinajstić information content (AvgIpc) is 3.81. The molecule has 2 aromatic rings. The molecule has 2 N–H and O–H groups in total. The Labute approximate surface area is 309 Å². The van der Waals surface area contributed by atoms with Crippen molar-refractivity contribution in [3.63, 3.8) is 0 Å². The van der Waals surface area contributed by atoms with Gasteiger partial charge in [-0.1, -0.05) is 49.4 Å². The summed E-state index contributed by atoms with van der Waals surface area (Å²) in [6.07, 6.45) is 0.509. The first-order valence-corrected chi connectivity index (χ1v) is 18.4. The smallest absolute Gasteiger partial charge is 0.249 e. The summed E-state index contributed by atoms with van der Waals surface area (Å²) in [5.74, 6) is -2.43. The summed E-state index contributed by atoms with van der Waals surface area (Å²) in [4.78, 5) is 95.2. The molecule has 2 bridgehead atoms. The van der Waals surface area contributed by atoms with Crippen molar-refractivity contribution in [2.75, 3.05) is 39.1 Å². The summed E-state index contributed by atoms with van der Waals surface area (Å²) in [6, 6.07) is 10.7.